The summed E-state index contributed by atoms with van der Waals surface area (Å²) in [7, 11) is -4.25. The van der Waals surface area contributed by atoms with Crippen LogP contribution in [-0.4, -0.2) is 43.6 Å². The maximum Gasteiger partial charge on any atom is 0.124 e. The van der Waals surface area contributed by atoms with Gasteiger partial charge < -0.3 is 9.04 Å². The maximum atomic E-state index is 10.3. The molecular formula is C20H37NO3S. The van der Waals surface area contributed by atoms with E-state index in [2.05, 4.69) is 27.7 Å². The van der Waals surface area contributed by atoms with Crippen LogP contribution in [0.5, 0.6) is 0 Å². The fraction of sp³-hybridized carbons (Fsp3) is 0.700. The highest BCUT2D eigenvalue weighted by atomic mass is 32.2. The zero-order chi connectivity index (χ0) is 19.2. The zero-order valence-corrected chi connectivity index (χ0v) is 17.4. The lowest BCUT2D eigenvalue weighted by atomic mass is 10.1. The lowest BCUT2D eigenvalue weighted by molar-refractivity contribution is -0.923. The number of quaternary nitrogens is 1. The standard InChI is InChI=1S/C14H32N.C6H6O3S/c1-5-9-10-11-12-13-14-15(6-2,7-3)8-4;7-10(8,9)6-4-2-1-3-5-6/h5-14H2,1-4H3;1-5H,(H,7,8,9)/q+1;/p-1. The summed E-state index contributed by atoms with van der Waals surface area (Å²) >= 11 is 0. The number of nitrogens with zero attached hydrogens (tertiary/aromatic N) is 1. The average molecular weight is 372 g/mol. The molecule has 0 heterocycles. The Morgan fingerprint density at radius 3 is 1.68 bits per heavy atom. The Balaban J connectivity index is 0.000000496. The van der Waals surface area contributed by atoms with Gasteiger partial charge in [-0.3, -0.25) is 0 Å². The molecule has 0 amide bonds. The second kappa shape index (κ2) is 13.3. The van der Waals surface area contributed by atoms with Crippen LogP contribution in [0.3, 0.4) is 0 Å². The van der Waals surface area contributed by atoms with Gasteiger partial charge in [0.1, 0.15) is 10.1 Å². The summed E-state index contributed by atoms with van der Waals surface area (Å²) in [4.78, 5) is -0.185. The van der Waals surface area contributed by atoms with Gasteiger partial charge in [-0.1, -0.05) is 50.8 Å². The molecule has 0 N–H and O–H groups in total. The van der Waals surface area contributed by atoms with Gasteiger partial charge in [-0.2, -0.15) is 0 Å². The van der Waals surface area contributed by atoms with Gasteiger partial charge in [0.05, 0.1) is 31.1 Å². The summed E-state index contributed by atoms with van der Waals surface area (Å²) < 4.78 is 32.2. The van der Waals surface area contributed by atoms with Gasteiger partial charge in [0.2, 0.25) is 0 Å². The third kappa shape index (κ3) is 10.6. The van der Waals surface area contributed by atoms with Crippen LogP contribution in [-0.2, 0) is 10.1 Å². The van der Waals surface area contributed by atoms with E-state index >= 15 is 0 Å². The number of hydrogen-bond acceptors (Lipinski definition) is 3. The molecule has 1 aromatic rings. The second-order valence-corrected chi connectivity index (χ2v) is 7.93. The lowest BCUT2D eigenvalue weighted by Gasteiger charge is -2.35. The van der Waals surface area contributed by atoms with E-state index in [-0.39, 0.29) is 4.90 Å². The van der Waals surface area contributed by atoms with Crippen molar-refractivity contribution in [2.45, 2.75) is 71.1 Å². The molecule has 146 valence electrons. The summed E-state index contributed by atoms with van der Waals surface area (Å²) in [6, 6.07) is 7.19. The zero-order valence-electron chi connectivity index (χ0n) is 16.5. The number of unbranched alkanes of at least 4 members (excludes halogenated alkanes) is 5. The molecule has 1 rings (SSSR count). The molecule has 25 heavy (non-hydrogen) atoms. The van der Waals surface area contributed by atoms with Crippen LogP contribution in [0.4, 0.5) is 0 Å². The molecule has 0 saturated carbocycles. The Hall–Kier alpha value is -0.910. The van der Waals surface area contributed by atoms with Crippen molar-refractivity contribution < 1.29 is 17.5 Å². The Labute approximate surface area is 155 Å². The van der Waals surface area contributed by atoms with Gasteiger partial charge in [-0.05, 0) is 45.7 Å². The van der Waals surface area contributed by atoms with Crippen molar-refractivity contribution in [1.82, 2.24) is 0 Å². The first kappa shape index (κ1) is 24.1. The van der Waals surface area contributed by atoms with Crippen LogP contribution in [0.15, 0.2) is 35.2 Å². The molecule has 0 aliphatic carbocycles. The Morgan fingerprint density at radius 2 is 1.28 bits per heavy atom. The second-order valence-electron chi connectivity index (χ2n) is 6.55. The lowest BCUT2D eigenvalue weighted by Crippen LogP contribution is -2.48. The number of benzene rings is 1. The van der Waals surface area contributed by atoms with Gasteiger partial charge in [0.15, 0.2) is 0 Å². The largest absolute Gasteiger partial charge is 0.744 e. The highest BCUT2D eigenvalue weighted by Gasteiger charge is 2.19. The van der Waals surface area contributed by atoms with Crippen LogP contribution in [0.2, 0.25) is 0 Å². The van der Waals surface area contributed by atoms with Crippen LogP contribution in [0.1, 0.15) is 66.2 Å². The normalized spacial score (nSPS) is 11.7. The molecule has 0 bridgehead atoms. The molecule has 0 atom stereocenters. The summed E-state index contributed by atoms with van der Waals surface area (Å²) in [6.45, 7) is 14.6. The molecule has 0 aliphatic rings. The van der Waals surface area contributed by atoms with E-state index in [9.17, 15) is 13.0 Å². The van der Waals surface area contributed by atoms with Crippen LogP contribution < -0.4 is 0 Å². The predicted molar refractivity (Wildman–Crippen MR) is 105 cm³/mol. The molecule has 0 spiro atoms. The van der Waals surface area contributed by atoms with E-state index in [1.165, 1.54) is 93.5 Å². The van der Waals surface area contributed by atoms with Gasteiger partial charge in [-0.25, -0.2) is 8.42 Å². The quantitative estimate of drug-likeness (QED) is 0.318. The summed E-state index contributed by atoms with van der Waals surface area (Å²) in [5.74, 6) is 0. The van der Waals surface area contributed by atoms with Crippen molar-refractivity contribution in [2.24, 2.45) is 0 Å². The molecule has 0 fully saturated rings. The fourth-order valence-electron chi connectivity index (χ4n) is 2.96. The van der Waals surface area contributed by atoms with Gasteiger partial charge >= 0.3 is 0 Å². The van der Waals surface area contributed by atoms with Crippen LogP contribution in [0.25, 0.3) is 0 Å². The molecule has 0 radical (unpaired) electrons. The summed E-state index contributed by atoms with van der Waals surface area (Å²) in [6.07, 6.45) is 8.55. The van der Waals surface area contributed by atoms with Crippen LogP contribution in [0, 0.1) is 0 Å². The topological polar surface area (TPSA) is 57.2 Å². The fourth-order valence-corrected chi connectivity index (χ4v) is 3.45. The summed E-state index contributed by atoms with van der Waals surface area (Å²) in [5.41, 5.74) is 0. The predicted octanol–water partition coefficient (Wildman–Crippen LogP) is 4.81. The third-order valence-electron chi connectivity index (χ3n) is 5.03. The maximum absolute atomic E-state index is 10.3. The Kier molecular flexibility index (Phi) is 12.8. The third-order valence-corrected chi connectivity index (χ3v) is 5.88. The molecule has 0 saturated heterocycles. The highest BCUT2D eigenvalue weighted by molar-refractivity contribution is 7.85. The molecule has 1 aromatic carbocycles. The van der Waals surface area contributed by atoms with E-state index in [0.717, 1.165) is 0 Å². The molecule has 0 aromatic heterocycles. The summed E-state index contributed by atoms with van der Waals surface area (Å²) in [5, 5.41) is 0. The molecule has 0 aliphatic heterocycles. The van der Waals surface area contributed by atoms with Gasteiger partial charge in [-0.15, -0.1) is 0 Å². The van der Waals surface area contributed by atoms with Crippen molar-refractivity contribution in [3.8, 4) is 0 Å². The first-order chi connectivity index (χ1) is 11.8. The van der Waals surface area contributed by atoms with Crippen molar-refractivity contribution >= 4 is 10.1 Å². The van der Waals surface area contributed by atoms with Crippen molar-refractivity contribution in [1.29, 1.82) is 0 Å². The minimum atomic E-state index is -4.25. The van der Waals surface area contributed by atoms with Crippen molar-refractivity contribution in [3.05, 3.63) is 30.3 Å². The van der Waals surface area contributed by atoms with Gasteiger partial charge in [0.25, 0.3) is 0 Å². The smallest absolute Gasteiger partial charge is 0.124 e. The SMILES string of the molecule is CCCCCCCC[N+](CC)(CC)CC.O=S(=O)([O-])c1ccccc1. The minimum absolute atomic E-state index is 0.185. The highest BCUT2D eigenvalue weighted by Crippen LogP contribution is 2.11. The number of hydrogen-bond donors (Lipinski definition) is 0. The van der Waals surface area contributed by atoms with E-state index < -0.39 is 10.1 Å². The molecule has 5 heteroatoms. The van der Waals surface area contributed by atoms with Gasteiger partial charge in [0, 0.05) is 0 Å². The first-order valence-corrected chi connectivity index (χ1v) is 11.1. The first-order valence-electron chi connectivity index (χ1n) is 9.71. The van der Waals surface area contributed by atoms with Crippen LogP contribution >= 0.6 is 0 Å². The monoisotopic (exact) mass is 371 g/mol. The average Bonchev–Trinajstić information content (AvgIpc) is 2.62. The van der Waals surface area contributed by atoms with E-state index in [1.54, 1.807) is 6.07 Å². The molecule has 4 nitrogen and oxygen atoms in total. The molecule has 0 unspecified atom stereocenters. The van der Waals surface area contributed by atoms with E-state index in [4.69, 9.17) is 0 Å². The van der Waals surface area contributed by atoms with E-state index in [0.29, 0.717) is 0 Å². The Bertz CT molecular complexity index is 517. The van der Waals surface area contributed by atoms with E-state index in [1.807, 2.05) is 0 Å². The Morgan fingerprint density at radius 1 is 0.800 bits per heavy atom. The van der Waals surface area contributed by atoms with Crippen molar-refractivity contribution in [2.75, 3.05) is 26.2 Å². The minimum Gasteiger partial charge on any atom is -0.744 e. The number of rotatable bonds is 11. The van der Waals surface area contributed by atoms with Crippen molar-refractivity contribution in [3.63, 3.8) is 0 Å². The molecular weight excluding hydrogens is 334 g/mol.